The number of benzene rings is 2. The Morgan fingerprint density at radius 3 is 2.19 bits per heavy atom. The van der Waals surface area contributed by atoms with Gasteiger partial charge in [-0.05, 0) is 54.6 Å². The second kappa shape index (κ2) is 7.51. The van der Waals surface area contributed by atoms with Crippen LogP contribution in [0, 0.1) is 11.8 Å². The van der Waals surface area contributed by atoms with Gasteiger partial charge >= 0.3 is 0 Å². The SMILES string of the molecule is O=C(Nc1ccc(Cl)cc1)[C@@H]1[C@@H]2C(=O)N(c3ccc(Cl)cc3)C(=O)[C@@H]2[C@@H]2C=CC=NN12. The van der Waals surface area contributed by atoms with E-state index in [0.717, 1.165) is 4.90 Å². The van der Waals surface area contributed by atoms with Crippen LogP contribution < -0.4 is 10.2 Å². The maximum absolute atomic E-state index is 13.4. The number of amides is 3. The fourth-order valence-corrected chi connectivity index (χ4v) is 4.68. The third-order valence-corrected chi connectivity index (χ3v) is 6.26. The molecule has 3 aliphatic heterocycles. The number of carbonyl (C=O) groups is 3. The number of hydrogen-bond acceptors (Lipinski definition) is 5. The number of nitrogens with one attached hydrogen (secondary N) is 1. The van der Waals surface area contributed by atoms with Crippen molar-refractivity contribution in [3.8, 4) is 0 Å². The van der Waals surface area contributed by atoms with E-state index in [2.05, 4.69) is 10.4 Å². The predicted octanol–water partition coefficient (Wildman–Crippen LogP) is 3.35. The maximum atomic E-state index is 13.4. The van der Waals surface area contributed by atoms with E-state index in [9.17, 15) is 14.4 Å². The Balaban J connectivity index is 1.50. The Morgan fingerprint density at radius 2 is 1.52 bits per heavy atom. The number of rotatable bonds is 3. The summed E-state index contributed by atoms with van der Waals surface area (Å²) in [5, 5.41) is 9.72. The summed E-state index contributed by atoms with van der Waals surface area (Å²) in [7, 11) is 0. The van der Waals surface area contributed by atoms with Crippen LogP contribution in [0.5, 0.6) is 0 Å². The molecule has 31 heavy (non-hydrogen) atoms. The van der Waals surface area contributed by atoms with Gasteiger partial charge in [0.15, 0.2) is 0 Å². The highest BCUT2D eigenvalue weighted by Crippen LogP contribution is 2.45. The first kappa shape index (κ1) is 19.8. The van der Waals surface area contributed by atoms with Crippen LogP contribution in [0.1, 0.15) is 0 Å². The number of hydrazone groups is 1. The van der Waals surface area contributed by atoms with Crippen molar-refractivity contribution < 1.29 is 14.4 Å². The van der Waals surface area contributed by atoms with Gasteiger partial charge in [-0.15, -0.1) is 0 Å². The molecule has 1 N–H and O–H groups in total. The number of imide groups is 1. The van der Waals surface area contributed by atoms with Crippen LogP contribution >= 0.6 is 23.2 Å². The van der Waals surface area contributed by atoms with Crippen molar-refractivity contribution >= 4 is 58.5 Å². The lowest BCUT2D eigenvalue weighted by Gasteiger charge is -2.30. The van der Waals surface area contributed by atoms with E-state index in [0.29, 0.717) is 21.4 Å². The lowest BCUT2D eigenvalue weighted by molar-refractivity contribution is -0.129. The smallest absolute Gasteiger partial charge is 0.249 e. The zero-order valence-corrected chi connectivity index (χ0v) is 17.5. The summed E-state index contributed by atoms with van der Waals surface area (Å²) in [5.74, 6) is -2.76. The molecule has 7 nitrogen and oxygen atoms in total. The predicted molar refractivity (Wildman–Crippen MR) is 118 cm³/mol. The molecule has 2 aromatic rings. The molecule has 2 saturated heterocycles. The molecule has 0 radical (unpaired) electrons. The minimum Gasteiger partial charge on any atom is -0.324 e. The number of nitrogens with zero attached hydrogens (tertiary/aromatic N) is 3. The van der Waals surface area contributed by atoms with Crippen LogP contribution in [-0.4, -0.2) is 41.0 Å². The molecule has 4 atom stereocenters. The van der Waals surface area contributed by atoms with Gasteiger partial charge in [-0.25, -0.2) is 4.90 Å². The van der Waals surface area contributed by atoms with Gasteiger partial charge < -0.3 is 5.32 Å². The summed E-state index contributed by atoms with van der Waals surface area (Å²) in [4.78, 5) is 41.1. The van der Waals surface area contributed by atoms with Crippen molar-refractivity contribution in [1.29, 1.82) is 0 Å². The average Bonchev–Trinajstić information content (AvgIpc) is 3.24. The van der Waals surface area contributed by atoms with Gasteiger partial charge in [0.25, 0.3) is 0 Å². The largest absolute Gasteiger partial charge is 0.324 e. The molecule has 9 heteroatoms. The Labute approximate surface area is 187 Å². The van der Waals surface area contributed by atoms with Crippen LogP contribution in [-0.2, 0) is 14.4 Å². The minimum atomic E-state index is -0.930. The molecule has 156 valence electrons. The van der Waals surface area contributed by atoms with E-state index in [4.69, 9.17) is 23.2 Å². The molecule has 0 saturated carbocycles. The second-order valence-corrected chi connectivity index (χ2v) is 8.37. The second-order valence-electron chi connectivity index (χ2n) is 7.50. The Morgan fingerprint density at radius 1 is 0.903 bits per heavy atom. The van der Waals surface area contributed by atoms with Crippen molar-refractivity contribution in [3.05, 3.63) is 70.7 Å². The Hall–Kier alpha value is -3.16. The molecule has 0 aliphatic carbocycles. The molecule has 0 spiro atoms. The van der Waals surface area contributed by atoms with E-state index < -0.39 is 35.7 Å². The standard InChI is InChI=1S/C22H16Cl2N4O3/c23-12-3-7-14(8-4-12)26-20(29)19-18-17(16-2-1-11-25-28(16)19)21(30)27(22(18)31)15-9-5-13(24)6-10-15/h1-11,16-19H,(H,26,29)/t16-,17+,18+,19-/m0/s1. The van der Waals surface area contributed by atoms with Crippen molar-refractivity contribution in [1.82, 2.24) is 5.01 Å². The molecular weight excluding hydrogens is 439 g/mol. The minimum absolute atomic E-state index is 0.351. The molecule has 3 aliphatic rings. The van der Waals surface area contributed by atoms with E-state index in [-0.39, 0.29) is 5.91 Å². The van der Waals surface area contributed by atoms with Crippen LogP contribution in [0.15, 0.2) is 65.8 Å². The molecule has 2 aromatic carbocycles. The van der Waals surface area contributed by atoms with Gasteiger partial charge in [0.1, 0.15) is 6.04 Å². The fourth-order valence-electron chi connectivity index (χ4n) is 4.43. The number of allylic oxidation sites excluding steroid dienone is 1. The zero-order chi connectivity index (χ0) is 21.7. The van der Waals surface area contributed by atoms with Crippen LogP contribution in [0.3, 0.4) is 0 Å². The molecule has 3 heterocycles. The van der Waals surface area contributed by atoms with Crippen LogP contribution in [0.25, 0.3) is 0 Å². The number of halogens is 2. The van der Waals surface area contributed by atoms with Crippen molar-refractivity contribution in [2.75, 3.05) is 10.2 Å². The summed E-state index contributed by atoms with van der Waals surface area (Å²) < 4.78 is 0. The lowest BCUT2D eigenvalue weighted by Crippen LogP contribution is -2.47. The Bertz CT molecular complexity index is 1120. The summed E-state index contributed by atoms with van der Waals surface area (Å²) in [5.41, 5.74) is 0.970. The van der Waals surface area contributed by atoms with Crippen LogP contribution in [0.2, 0.25) is 10.0 Å². The number of carbonyl (C=O) groups excluding carboxylic acids is 3. The molecule has 0 aromatic heterocycles. The summed E-state index contributed by atoms with van der Waals surface area (Å²) >= 11 is 11.9. The highest BCUT2D eigenvalue weighted by molar-refractivity contribution is 6.31. The summed E-state index contributed by atoms with van der Waals surface area (Å²) in [6.07, 6.45) is 5.07. The average molecular weight is 455 g/mol. The normalized spacial score (nSPS) is 26.3. The highest BCUT2D eigenvalue weighted by atomic mass is 35.5. The van der Waals surface area contributed by atoms with Gasteiger partial charge in [-0.3, -0.25) is 19.4 Å². The number of anilines is 2. The Kier molecular flexibility index (Phi) is 4.79. The molecule has 3 amide bonds. The summed E-state index contributed by atoms with van der Waals surface area (Å²) in [6.45, 7) is 0. The third kappa shape index (κ3) is 3.21. The van der Waals surface area contributed by atoms with E-state index in [1.807, 2.05) is 0 Å². The van der Waals surface area contributed by atoms with Crippen molar-refractivity contribution in [3.63, 3.8) is 0 Å². The number of fused-ring (bicyclic) bond motifs is 3. The maximum Gasteiger partial charge on any atom is 0.249 e. The van der Waals surface area contributed by atoms with Crippen LogP contribution in [0.4, 0.5) is 11.4 Å². The summed E-state index contributed by atoms with van der Waals surface area (Å²) in [6, 6.07) is 11.7. The van der Waals surface area contributed by atoms with Gasteiger partial charge in [0.2, 0.25) is 17.7 Å². The quantitative estimate of drug-likeness (QED) is 0.720. The van der Waals surface area contributed by atoms with Crippen molar-refractivity contribution in [2.24, 2.45) is 16.9 Å². The van der Waals surface area contributed by atoms with E-state index >= 15 is 0 Å². The molecule has 0 bridgehead atoms. The molecule has 5 rings (SSSR count). The number of hydrogen-bond donors (Lipinski definition) is 1. The van der Waals surface area contributed by atoms with Gasteiger partial charge in [0, 0.05) is 21.9 Å². The first-order valence-electron chi connectivity index (χ1n) is 9.64. The molecule has 0 unspecified atom stereocenters. The van der Waals surface area contributed by atoms with Gasteiger partial charge in [-0.2, -0.15) is 5.10 Å². The van der Waals surface area contributed by atoms with Crippen molar-refractivity contribution in [2.45, 2.75) is 12.1 Å². The fraction of sp³-hybridized carbons (Fsp3) is 0.182. The first-order valence-corrected chi connectivity index (χ1v) is 10.4. The van der Waals surface area contributed by atoms with E-state index in [1.54, 1.807) is 71.9 Å². The van der Waals surface area contributed by atoms with E-state index in [1.165, 1.54) is 0 Å². The first-order chi connectivity index (χ1) is 15.0. The molecular formula is C22H16Cl2N4O3. The molecule has 2 fully saturated rings. The topological polar surface area (TPSA) is 82.1 Å². The zero-order valence-electron chi connectivity index (χ0n) is 16.0. The monoisotopic (exact) mass is 454 g/mol. The lowest BCUT2D eigenvalue weighted by atomic mass is 9.88. The van der Waals surface area contributed by atoms with Gasteiger partial charge in [0.05, 0.1) is 23.6 Å². The highest BCUT2D eigenvalue weighted by Gasteiger charge is 2.64. The third-order valence-electron chi connectivity index (χ3n) is 5.76. The van der Waals surface area contributed by atoms with Gasteiger partial charge in [-0.1, -0.05) is 29.3 Å².